The standard InChI is InChI=1S/C21H25N5OS/c1-2-26-20-17(14-24-26)19(25-16-8-10-28-11-9-16)18(13-22-20)21(27)23-12-15-6-4-3-5-7-15/h3-7,13-14,16H,2,8-12H2,1H3,(H,22,25)(H,23,27). The molecule has 1 fully saturated rings. The van der Waals surface area contributed by atoms with Crippen molar-refractivity contribution in [2.45, 2.75) is 38.9 Å². The number of carbonyl (C=O) groups excluding carboxylic acids is 1. The first-order valence-electron chi connectivity index (χ1n) is 9.77. The largest absolute Gasteiger partial charge is 0.381 e. The van der Waals surface area contributed by atoms with Crippen molar-refractivity contribution in [3.8, 4) is 0 Å². The van der Waals surface area contributed by atoms with Crippen LogP contribution in [-0.2, 0) is 13.1 Å². The monoisotopic (exact) mass is 395 g/mol. The molecule has 4 rings (SSSR count). The van der Waals surface area contributed by atoms with Crippen molar-refractivity contribution in [1.82, 2.24) is 20.1 Å². The maximum Gasteiger partial charge on any atom is 0.255 e. The number of rotatable bonds is 6. The summed E-state index contributed by atoms with van der Waals surface area (Å²) in [6.07, 6.45) is 5.69. The van der Waals surface area contributed by atoms with E-state index in [0.29, 0.717) is 18.2 Å². The Morgan fingerprint density at radius 3 is 2.75 bits per heavy atom. The minimum absolute atomic E-state index is 0.116. The zero-order valence-corrected chi connectivity index (χ0v) is 16.8. The summed E-state index contributed by atoms with van der Waals surface area (Å²) in [6, 6.07) is 10.3. The molecule has 2 aromatic heterocycles. The summed E-state index contributed by atoms with van der Waals surface area (Å²) >= 11 is 1.99. The molecule has 3 aromatic rings. The maximum absolute atomic E-state index is 13.0. The summed E-state index contributed by atoms with van der Waals surface area (Å²) < 4.78 is 1.86. The third kappa shape index (κ3) is 3.99. The van der Waals surface area contributed by atoms with Gasteiger partial charge in [0.05, 0.1) is 22.8 Å². The fourth-order valence-electron chi connectivity index (χ4n) is 3.51. The van der Waals surface area contributed by atoms with Gasteiger partial charge in [-0.25, -0.2) is 9.67 Å². The van der Waals surface area contributed by atoms with Gasteiger partial charge in [0.2, 0.25) is 0 Å². The van der Waals surface area contributed by atoms with Gasteiger partial charge in [0, 0.05) is 25.3 Å². The predicted octanol–water partition coefficient (Wildman–Crippen LogP) is 3.69. The highest BCUT2D eigenvalue weighted by molar-refractivity contribution is 7.99. The third-order valence-electron chi connectivity index (χ3n) is 5.08. The zero-order chi connectivity index (χ0) is 19.3. The van der Waals surface area contributed by atoms with Gasteiger partial charge >= 0.3 is 0 Å². The number of nitrogens with one attached hydrogen (secondary N) is 2. The van der Waals surface area contributed by atoms with Gasteiger partial charge in [-0.15, -0.1) is 0 Å². The van der Waals surface area contributed by atoms with Crippen molar-refractivity contribution < 1.29 is 4.79 Å². The van der Waals surface area contributed by atoms with Gasteiger partial charge in [-0.05, 0) is 36.8 Å². The number of hydrogen-bond acceptors (Lipinski definition) is 5. The van der Waals surface area contributed by atoms with Crippen LogP contribution in [0.5, 0.6) is 0 Å². The molecule has 2 N–H and O–H groups in total. The summed E-state index contributed by atoms with van der Waals surface area (Å²) in [5.74, 6) is 2.18. The molecule has 146 valence electrons. The van der Waals surface area contributed by atoms with Crippen LogP contribution in [-0.4, -0.2) is 38.2 Å². The van der Waals surface area contributed by atoms with Crippen molar-refractivity contribution in [3.63, 3.8) is 0 Å². The molecule has 1 amide bonds. The fourth-order valence-corrected chi connectivity index (χ4v) is 4.61. The van der Waals surface area contributed by atoms with Crippen LogP contribution >= 0.6 is 11.8 Å². The lowest BCUT2D eigenvalue weighted by Crippen LogP contribution is -2.28. The molecule has 0 radical (unpaired) electrons. The molecule has 7 heteroatoms. The summed E-state index contributed by atoms with van der Waals surface area (Å²) in [6.45, 7) is 3.28. The van der Waals surface area contributed by atoms with E-state index in [4.69, 9.17) is 0 Å². The van der Waals surface area contributed by atoms with Crippen LogP contribution in [0.2, 0.25) is 0 Å². The van der Waals surface area contributed by atoms with Crippen LogP contribution in [0.15, 0.2) is 42.7 Å². The van der Waals surface area contributed by atoms with Crippen molar-refractivity contribution in [2.75, 3.05) is 16.8 Å². The molecule has 1 aliphatic rings. The highest BCUT2D eigenvalue weighted by Crippen LogP contribution is 2.29. The number of nitrogens with zero attached hydrogens (tertiary/aromatic N) is 3. The van der Waals surface area contributed by atoms with Gasteiger partial charge in [-0.2, -0.15) is 16.9 Å². The minimum atomic E-state index is -0.116. The number of anilines is 1. The lowest BCUT2D eigenvalue weighted by atomic mass is 10.1. The number of pyridine rings is 1. The summed E-state index contributed by atoms with van der Waals surface area (Å²) in [7, 11) is 0. The van der Waals surface area contributed by atoms with Gasteiger partial charge < -0.3 is 10.6 Å². The van der Waals surface area contributed by atoms with Crippen LogP contribution < -0.4 is 10.6 Å². The number of benzene rings is 1. The number of fused-ring (bicyclic) bond motifs is 1. The van der Waals surface area contributed by atoms with E-state index in [0.717, 1.165) is 53.2 Å². The molecule has 0 unspecified atom stereocenters. The van der Waals surface area contributed by atoms with Crippen LogP contribution in [0, 0.1) is 0 Å². The lowest BCUT2D eigenvalue weighted by Gasteiger charge is -2.25. The predicted molar refractivity (Wildman–Crippen MR) is 115 cm³/mol. The van der Waals surface area contributed by atoms with E-state index in [-0.39, 0.29) is 5.91 Å². The topological polar surface area (TPSA) is 71.8 Å². The molecular formula is C21H25N5OS. The Bertz CT molecular complexity index is 950. The second kappa shape index (κ2) is 8.65. The van der Waals surface area contributed by atoms with E-state index >= 15 is 0 Å². The van der Waals surface area contributed by atoms with Crippen molar-refractivity contribution >= 4 is 34.4 Å². The Morgan fingerprint density at radius 1 is 1.21 bits per heavy atom. The molecule has 3 heterocycles. The molecule has 1 aromatic carbocycles. The quantitative estimate of drug-likeness (QED) is 0.666. The van der Waals surface area contributed by atoms with Gasteiger partial charge in [0.15, 0.2) is 5.65 Å². The van der Waals surface area contributed by atoms with Gasteiger partial charge in [-0.3, -0.25) is 4.79 Å². The molecule has 6 nitrogen and oxygen atoms in total. The zero-order valence-electron chi connectivity index (χ0n) is 16.0. The first-order chi connectivity index (χ1) is 13.8. The van der Waals surface area contributed by atoms with Crippen LogP contribution in [0.3, 0.4) is 0 Å². The Hall–Kier alpha value is -2.54. The minimum Gasteiger partial charge on any atom is -0.381 e. The van der Waals surface area contributed by atoms with E-state index in [2.05, 4.69) is 20.7 Å². The molecule has 0 bridgehead atoms. The average Bonchev–Trinajstić information content (AvgIpc) is 3.17. The first kappa shape index (κ1) is 18.8. The van der Waals surface area contributed by atoms with Crippen molar-refractivity contribution in [2.24, 2.45) is 0 Å². The Balaban J connectivity index is 1.63. The number of hydrogen-bond donors (Lipinski definition) is 2. The summed E-state index contributed by atoms with van der Waals surface area (Å²) in [5.41, 5.74) is 3.32. The van der Waals surface area contributed by atoms with E-state index in [1.165, 1.54) is 0 Å². The molecule has 1 saturated heterocycles. The van der Waals surface area contributed by atoms with Crippen LogP contribution in [0.4, 0.5) is 5.69 Å². The van der Waals surface area contributed by atoms with E-state index < -0.39 is 0 Å². The van der Waals surface area contributed by atoms with E-state index in [1.54, 1.807) is 6.20 Å². The molecule has 1 aliphatic heterocycles. The first-order valence-corrected chi connectivity index (χ1v) is 10.9. The lowest BCUT2D eigenvalue weighted by molar-refractivity contribution is 0.0951. The second-order valence-electron chi connectivity index (χ2n) is 6.94. The van der Waals surface area contributed by atoms with Gasteiger partial charge in [-0.1, -0.05) is 30.3 Å². The number of aryl methyl sites for hydroxylation is 1. The van der Waals surface area contributed by atoms with E-state index in [9.17, 15) is 4.79 Å². The van der Waals surface area contributed by atoms with E-state index in [1.807, 2.05) is 59.9 Å². The summed E-state index contributed by atoms with van der Waals surface area (Å²) in [5, 5.41) is 12.0. The van der Waals surface area contributed by atoms with Crippen LogP contribution in [0.1, 0.15) is 35.7 Å². The van der Waals surface area contributed by atoms with Gasteiger partial charge in [0.1, 0.15) is 0 Å². The molecule has 0 spiro atoms. The molecular weight excluding hydrogens is 370 g/mol. The fraction of sp³-hybridized carbons (Fsp3) is 0.381. The molecule has 28 heavy (non-hydrogen) atoms. The number of carbonyl (C=O) groups is 1. The molecule has 0 saturated carbocycles. The SMILES string of the molecule is CCn1ncc2c(NC3CCSCC3)c(C(=O)NCc3ccccc3)cnc21. The number of aromatic nitrogens is 3. The second-order valence-corrected chi connectivity index (χ2v) is 8.17. The highest BCUT2D eigenvalue weighted by Gasteiger charge is 2.21. The molecule has 0 atom stereocenters. The summed E-state index contributed by atoms with van der Waals surface area (Å²) in [4.78, 5) is 17.5. The third-order valence-corrected chi connectivity index (χ3v) is 6.12. The number of amides is 1. The Labute approximate surface area is 169 Å². The van der Waals surface area contributed by atoms with Crippen molar-refractivity contribution in [3.05, 3.63) is 53.9 Å². The Morgan fingerprint density at radius 2 is 2.00 bits per heavy atom. The van der Waals surface area contributed by atoms with Crippen molar-refractivity contribution in [1.29, 1.82) is 0 Å². The maximum atomic E-state index is 13.0. The van der Waals surface area contributed by atoms with Gasteiger partial charge in [0.25, 0.3) is 5.91 Å². The average molecular weight is 396 g/mol. The number of thioether (sulfide) groups is 1. The smallest absolute Gasteiger partial charge is 0.255 e. The molecule has 0 aliphatic carbocycles. The highest BCUT2D eigenvalue weighted by atomic mass is 32.2. The Kier molecular flexibility index (Phi) is 5.81. The normalized spacial score (nSPS) is 14.9. The van der Waals surface area contributed by atoms with Crippen LogP contribution in [0.25, 0.3) is 11.0 Å².